The molecule has 21 heavy (non-hydrogen) atoms. The van der Waals surface area contributed by atoms with E-state index in [1.807, 2.05) is 11.8 Å². The lowest BCUT2D eigenvalue weighted by molar-refractivity contribution is 0.751. The van der Waals surface area contributed by atoms with Crippen LogP contribution in [0.4, 0.5) is 5.82 Å². The summed E-state index contributed by atoms with van der Waals surface area (Å²) in [5.74, 6) is 1.01. The quantitative estimate of drug-likeness (QED) is 0.864. The van der Waals surface area contributed by atoms with E-state index in [0.717, 1.165) is 36.2 Å². The molecule has 0 amide bonds. The van der Waals surface area contributed by atoms with Crippen molar-refractivity contribution in [2.24, 2.45) is 5.73 Å². The molecule has 0 aliphatic carbocycles. The van der Waals surface area contributed by atoms with Crippen LogP contribution in [0.2, 0.25) is 0 Å². The van der Waals surface area contributed by atoms with Crippen LogP contribution in [0.1, 0.15) is 27.2 Å². The molecular weight excluding hydrogens is 280 g/mol. The van der Waals surface area contributed by atoms with Gasteiger partial charge in [0.05, 0.1) is 5.52 Å². The van der Waals surface area contributed by atoms with Gasteiger partial charge in [0.15, 0.2) is 0 Å². The third-order valence-corrected chi connectivity index (χ3v) is 4.64. The summed E-state index contributed by atoms with van der Waals surface area (Å²) >= 11 is 1.86. The highest BCUT2D eigenvalue weighted by Gasteiger charge is 2.22. The molecule has 1 atom stereocenters. The summed E-state index contributed by atoms with van der Waals surface area (Å²) in [6, 6.07) is 6.72. The summed E-state index contributed by atoms with van der Waals surface area (Å²) in [4.78, 5) is 12.4. The van der Waals surface area contributed by atoms with E-state index in [0.29, 0.717) is 0 Å². The minimum atomic E-state index is 0.200. The number of aromatic nitrogens is 2. The molecule has 1 aromatic heterocycles. The van der Waals surface area contributed by atoms with Crippen molar-refractivity contribution < 1.29 is 0 Å². The molecule has 1 aliphatic rings. The Hall–Kier alpha value is -1.33. The monoisotopic (exact) mass is 302 g/mol. The van der Waals surface area contributed by atoms with Crippen LogP contribution >= 0.6 is 11.8 Å². The molecule has 0 bridgehead atoms. The van der Waals surface area contributed by atoms with Crippen LogP contribution in [0.3, 0.4) is 0 Å². The summed E-state index contributed by atoms with van der Waals surface area (Å²) in [7, 11) is 0. The Labute approximate surface area is 130 Å². The molecule has 0 saturated carbocycles. The molecule has 1 saturated heterocycles. The Kier molecular flexibility index (Phi) is 3.80. The highest BCUT2D eigenvalue weighted by molar-refractivity contribution is 8.00. The van der Waals surface area contributed by atoms with E-state index in [2.05, 4.69) is 53.8 Å². The maximum atomic E-state index is 6.01. The predicted molar refractivity (Wildman–Crippen MR) is 90.0 cm³/mol. The van der Waals surface area contributed by atoms with Crippen LogP contribution in [-0.4, -0.2) is 33.8 Å². The van der Waals surface area contributed by atoms with Crippen LogP contribution in [-0.2, 0) is 0 Å². The average Bonchev–Trinajstić information content (AvgIpc) is 2.82. The number of benzene rings is 1. The molecule has 2 aromatic rings. The molecule has 2 N–H and O–H groups in total. The molecule has 0 spiro atoms. The van der Waals surface area contributed by atoms with Gasteiger partial charge in [-0.1, -0.05) is 20.8 Å². The van der Waals surface area contributed by atoms with E-state index in [9.17, 15) is 0 Å². The number of thioether (sulfide) groups is 1. The van der Waals surface area contributed by atoms with Crippen molar-refractivity contribution in [2.45, 2.75) is 42.9 Å². The predicted octanol–water partition coefficient (Wildman–Crippen LogP) is 3.06. The van der Waals surface area contributed by atoms with Crippen LogP contribution in [0.15, 0.2) is 29.4 Å². The Balaban J connectivity index is 1.97. The Morgan fingerprint density at radius 2 is 2.10 bits per heavy atom. The highest BCUT2D eigenvalue weighted by atomic mass is 32.2. The van der Waals surface area contributed by atoms with E-state index in [4.69, 9.17) is 5.73 Å². The number of hydrogen-bond acceptors (Lipinski definition) is 5. The lowest BCUT2D eigenvalue weighted by atomic mass is 10.2. The van der Waals surface area contributed by atoms with Crippen molar-refractivity contribution in [1.29, 1.82) is 0 Å². The zero-order valence-electron chi connectivity index (χ0n) is 12.8. The fourth-order valence-electron chi connectivity index (χ4n) is 2.67. The van der Waals surface area contributed by atoms with Gasteiger partial charge < -0.3 is 10.6 Å². The largest absolute Gasteiger partial charge is 0.354 e. The van der Waals surface area contributed by atoms with Crippen LogP contribution in [0.25, 0.3) is 10.9 Å². The van der Waals surface area contributed by atoms with Gasteiger partial charge in [-0.3, -0.25) is 0 Å². The van der Waals surface area contributed by atoms with Crippen molar-refractivity contribution in [1.82, 2.24) is 9.97 Å². The van der Waals surface area contributed by atoms with Crippen molar-refractivity contribution in [3.63, 3.8) is 0 Å². The van der Waals surface area contributed by atoms with Gasteiger partial charge >= 0.3 is 0 Å². The first-order chi connectivity index (χ1) is 9.92. The molecule has 1 fully saturated rings. The number of anilines is 1. The minimum absolute atomic E-state index is 0.200. The maximum Gasteiger partial charge on any atom is 0.139 e. The first-order valence-corrected chi connectivity index (χ1v) is 8.18. The van der Waals surface area contributed by atoms with Crippen molar-refractivity contribution in [3.05, 3.63) is 24.5 Å². The normalized spacial score (nSPS) is 19.4. The fraction of sp³-hybridized carbons (Fsp3) is 0.500. The minimum Gasteiger partial charge on any atom is -0.354 e. The zero-order valence-corrected chi connectivity index (χ0v) is 13.7. The molecule has 3 rings (SSSR count). The van der Waals surface area contributed by atoms with Crippen molar-refractivity contribution in [3.8, 4) is 0 Å². The van der Waals surface area contributed by atoms with Gasteiger partial charge in [0, 0.05) is 34.2 Å². The SMILES string of the molecule is CC(C)(C)Sc1ccc2c(N3CC[C@@H](N)C3)ncnc2c1. The van der Waals surface area contributed by atoms with E-state index in [-0.39, 0.29) is 10.8 Å². The second kappa shape index (κ2) is 5.46. The van der Waals surface area contributed by atoms with Gasteiger partial charge in [0.25, 0.3) is 0 Å². The van der Waals surface area contributed by atoms with E-state index in [1.54, 1.807) is 6.33 Å². The Bertz CT molecular complexity index is 650. The smallest absolute Gasteiger partial charge is 0.139 e. The molecule has 1 aliphatic heterocycles. The number of nitrogens with zero attached hydrogens (tertiary/aromatic N) is 3. The third-order valence-electron chi connectivity index (χ3n) is 3.54. The fourth-order valence-corrected chi connectivity index (χ4v) is 3.69. The summed E-state index contributed by atoms with van der Waals surface area (Å²) in [5, 5.41) is 1.12. The summed E-state index contributed by atoms with van der Waals surface area (Å²) in [6.45, 7) is 8.52. The van der Waals surface area contributed by atoms with Gasteiger partial charge in [-0.05, 0) is 24.6 Å². The second-order valence-electron chi connectivity index (χ2n) is 6.59. The molecule has 5 heteroatoms. The molecule has 0 unspecified atom stereocenters. The zero-order chi connectivity index (χ0) is 15.0. The average molecular weight is 302 g/mol. The molecule has 1 aromatic carbocycles. The topological polar surface area (TPSA) is 55.0 Å². The van der Waals surface area contributed by atoms with Gasteiger partial charge in [0.1, 0.15) is 12.1 Å². The summed E-state index contributed by atoms with van der Waals surface area (Å²) in [6.07, 6.45) is 2.69. The summed E-state index contributed by atoms with van der Waals surface area (Å²) in [5.41, 5.74) is 7.02. The van der Waals surface area contributed by atoms with Gasteiger partial charge in [-0.15, -0.1) is 11.8 Å². The number of nitrogens with two attached hydrogens (primary N) is 1. The van der Waals surface area contributed by atoms with Crippen molar-refractivity contribution >= 4 is 28.5 Å². The number of fused-ring (bicyclic) bond motifs is 1. The van der Waals surface area contributed by atoms with Gasteiger partial charge in [-0.2, -0.15) is 0 Å². The lowest BCUT2D eigenvalue weighted by Crippen LogP contribution is -2.27. The lowest BCUT2D eigenvalue weighted by Gasteiger charge is -2.20. The second-order valence-corrected chi connectivity index (χ2v) is 8.49. The molecule has 0 radical (unpaired) electrons. The third kappa shape index (κ3) is 3.30. The molecule has 2 heterocycles. The van der Waals surface area contributed by atoms with E-state index in [1.165, 1.54) is 4.90 Å². The van der Waals surface area contributed by atoms with Crippen molar-refractivity contribution in [2.75, 3.05) is 18.0 Å². The highest BCUT2D eigenvalue weighted by Crippen LogP contribution is 2.34. The molecule has 112 valence electrons. The number of rotatable bonds is 2. The van der Waals surface area contributed by atoms with Gasteiger partial charge in [0.2, 0.25) is 0 Å². The van der Waals surface area contributed by atoms with Crippen LogP contribution in [0.5, 0.6) is 0 Å². The van der Waals surface area contributed by atoms with Crippen LogP contribution < -0.4 is 10.6 Å². The standard InChI is InChI=1S/C16H22N4S/c1-16(2,3)21-12-4-5-13-14(8-12)18-10-19-15(13)20-7-6-11(17)9-20/h4-5,8,10-11H,6-7,9,17H2,1-3H3/t11-/m1/s1. The summed E-state index contributed by atoms with van der Waals surface area (Å²) < 4.78 is 0.200. The first kappa shape index (κ1) is 14.6. The Morgan fingerprint density at radius 3 is 2.76 bits per heavy atom. The molecular formula is C16H22N4S. The van der Waals surface area contributed by atoms with E-state index >= 15 is 0 Å². The molecule has 4 nitrogen and oxygen atoms in total. The van der Waals surface area contributed by atoms with Crippen LogP contribution in [0, 0.1) is 0 Å². The Morgan fingerprint density at radius 1 is 1.29 bits per heavy atom. The number of hydrogen-bond donors (Lipinski definition) is 1. The maximum absolute atomic E-state index is 6.01. The van der Waals surface area contributed by atoms with Gasteiger partial charge in [-0.25, -0.2) is 9.97 Å². The first-order valence-electron chi connectivity index (χ1n) is 7.37. The van der Waals surface area contributed by atoms with E-state index < -0.39 is 0 Å².